The van der Waals surface area contributed by atoms with E-state index in [1.807, 2.05) is 61.5 Å². The van der Waals surface area contributed by atoms with Crippen molar-refractivity contribution in [2.24, 2.45) is 0 Å². The molecule has 1 saturated carbocycles. The van der Waals surface area contributed by atoms with Crippen LogP contribution >= 0.6 is 0 Å². The maximum Gasteiger partial charge on any atom is 0.236 e. The second-order valence-electron chi connectivity index (χ2n) is 8.01. The fourth-order valence-electron chi connectivity index (χ4n) is 4.06. The third kappa shape index (κ3) is 2.92. The molecule has 31 heavy (non-hydrogen) atoms. The second-order valence-corrected chi connectivity index (χ2v) is 8.01. The summed E-state index contributed by atoms with van der Waals surface area (Å²) in [6, 6.07) is 17.1. The van der Waals surface area contributed by atoms with Crippen LogP contribution < -0.4 is 14.8 Å². The maximum atomic E-state index is 13.3. The lowest BCUT2D eigenvalue weighted by Gasteiger charge is -2.14. The van der Waals surface area contributed by atoms with E-state index in [-0.39, 0.29) is 12.7 Å². The molecule has 1 aliphatic heterocycles. The van der Waals surface area contributed by atoms with E-state index in [4.69, 9.17) is 14.0 Å². The fraction of sp³-hybridized carbons (Fsp3) is 0.208. The van der Waals surface area contributed by atoms with Gasteiger partial charge in [-0.15, -0.1) is 0 Å². The minimum Gasteiger partial charge on any atom is -0.454 e. The first-order valence-corrected chi connectivity index (χ1v) is 10.2. The molecule has 0 unspecified atom stereocenters. The molecule has 0 radical (unpaired) electrons. The average Bonchev–Trinajstić information content (AvgIpc) is 3.20. The number of rotatable bonds is 4. The van der Waals surface area contributed by atoms with Crippen molar-refractivity contribution in [2.75, 3.05) is 12.1 Å². The SMILES string of the molecule is Cc1cc(NC(=O)C2(c3cc(-c4ccc5c(c4)OCO5)on3)CC2)c2ccccc2n1. The highest BCUT2D eigenvalue weighted by atomic mass is 16.7. The molecule has 2 aromatic heterocycles. The number of nitrogens with one attached hydrogen (secondary N) is 1. The molecular formula is C24H19N3O4. The number of carbonyl (C=O) groups is 1. The number of amides is 1. The molecule has 2 aromatic carbocycles. The summed E-state index contributed by atoms with van der Waals surface area (Å²) >= 11 is 0. The Labute approximate surface area is 178 Å². The molecule has 1 N–H and O–H groups in total. The van der Waals surface area contributed by atoms with E-state index in [1.54, 1.807) is 0 Å². The molecule has 0 saturated heterocycles. The number of nitrogens with zero attached hydrogens (tertiary/aromatic N) is 2. The van der Waals surface area contributed by atoms with Crippen molar-refractivity contribution in [3.63, 3.8) is 0 Å². The molecule has 7 nitrogen and oxygen atoms in total. The summed E-state index contributed by atoms with van der Waals surface area (Å²) in [6.45, 7) is 2.14. The highest BCUT2D eigenvalue weighted by Crippen LogP contribution is 2.49. The molecular weight excluding hydrogens is 394 g/mol. The van der Waals surface area contributed by atoms with Gasteiger partial charge in [0.1, 0.15) is 0 Å². The molecule has 1 aliphatic carbocycles. The number of carbonyl (C=O) groups excluding carboxylic acids is 1. The van der Waals surface area contributed by atoms with Crippen molar-refractivity contribution in [3.05, 3.63) is 66.0 Å². The quantitative estimate of drug-likeness (QED) is 0.526. The molecule has 154 valence electrons. The van der Waals surface area contributed by atoms with Crippen molar-refractivity contribution in [2.45, 2.75) is 25.2 Å². The van der Waals surface area contributed by atoms with Crippen molar-refractivity contribution in [1.29, 1.82) is 0 Å². The van der Waals surface area contributed by atoms with Crippen LogP contribution in [0.4, 0.5) is 5.69 Å². The number of ether oxygens (including phenoxy) is 2. The highest BCUT2D eigenvalue weighted by molar-refractivity contribution is 6.06. The highest BCUT2D eigenvalue weighted by Gasteiger charge is 2.54. The van der Waals surface area contributed by atoms with Gasteiger partial charge in [0, 0.05) is 22.7 Å². The van der Waals surface area contributed by atoms with Crippen molar-refractivity contribution in [3.8, 4) is 22.8 Å². The van der Waals surface area contributed by atoms with Gasteiger partial charge in [0.25, 0.3) is 0 Å². The lowest BCUT2D eigenvalue weighted by Crippen LogP contribution is -2.28. The van der Waals surface area contributed by atoms with Gasteiger partial charge in [-0.05, 0) is 50.1 Å². The van der Waals surface area contributed by atoms with Gasteiger partial charge in [0.2, 0.25) is 12.7 Å². The number of pyridine rings is 1. The molecule has 0 bridgehead atoms. The van der Waals surface area contributed by atoms with Crippen molar-refractivity contribution >= 4 is 22.5 Å². The van der Waals surface area contributed by atoms with E-state index < -0.39 is 5.41 Å². The van der Waals surface area contributed by atoms with Gasteiger partial charge in [-0.3, -0.25) is 9.78 Å². The number of hydrogen-bond donors (Lipinski definition) is 1. The van der Waals surface area contributed by atoms with Gasteiger partial charge in [-0.1, -0.05) is 23.4 Å². The van der Waals surface area contributed by atoms with Gasteiger partial charge in [-0.2, -0.15) is 0 Å². The van der Waals surface area contributed by atoms with Gasteiger partial charge in [-0.25, -0.2) is 0 Å². The van der Waals surface area contributed by atoms with E-state index in [1.165, 1.54) is 0 Å². The Bertz CT molecular complexity index is 1340. The number of aromatic nitrogens is 2. The predicted octanol–water partition coefficient (Wildman–Crippen LogP) is 4.60. The van der Waals surface area contributed by atoms with E-state index in [0.717, 1.165) is 40.7 Å². The monoisotopic (exact) mass is 413 g/mol. The van der Waals surface area contributed by atoms with Crippen LogP contribution in [0.1, 0.15) is 24.2 Å². The first-order valence-electron chi connectivity index (χ1n) is 10.2. The summed E-state index contributed by atoms with van der Waals surface area (Å²) in [6.07, 6.45) is 1.46. The van der Waals surface area contributed by atoms with Crippen LogP contribution in [0.15, 0.2) is 59.1 Å². The lowest BCUT2D eigenvalue weighted by molar-refractivity contribution is -0.118. The minimum absolute atomic E-state index is 0.0752. The average molecular weight is 413 g/mol. The third-order valence-corrected chi connectivity index (χ3v) is 5.93. The number of para-hydroxylation sites is 1. The molecule has 1 amide bonds. The van der Waals surface area contributed by atoms with E-state index in [0.29, 0.717) is 23.0 Å². The first-order chi connectivity index (χ1) is 15.1. The number of benzene rings is 2. The number of hydrogen-bond acceptors (Lipinski definition) is 6. The van der Waals surface area contributed by atoms with Crippen molar-refractivity contribution < 1.29 is 18.8 Å². The lowest BCUT2D eigenvalue weighted by atomic mass is 9.99. The zero-order valence-corrected chi connectivity index (χ0v) is 16.8. The smallest absolute Gasteiger partial charge is 0.236 e. The molecule has 6 rings (SSSR count). The number of aryl methyl sites for hydroxylation is 1. The molecule has 0 spiro atoms. The topological polar surface area (TPSA) is 86.5 Å². The Balaban J connectivity index is 1.30. The Hall–Kier alpha value is -3.87. The van der Waals surface area contributed by atoms with E-state index >= 15 is 0 Å². The molecule has 2 aliphatic rings. The van der Waals surface area contributed by atoms with Gasteiger partial charge in [0.15, 0.2) is 17.3 Å². The van der Waals surface area contributed by atoms with Crippen LogP contribution in [-0.2, 0) is 10.2 Å². The number of anilines is 1. The predicted molar refractivity (Wildman–Crippen MR) is 114 cm³/mol. The Morgan fingerprint density at radius 1 is 1.03 bits per heavy atom. The zero-order chi connectivity index (χ0) is 21.0. The molecule has 3 heterocycles. The largest absolute Gasteiger partial charge is 0.454 e. The van der Waals surface area contributed by atoms with E-state index in [9.17, 15) is 4.79 Å². The second kappa shape index (κ2) is 6.57. The fourth-order valence-corrected chi connectivity index (χ4v) is 4.06. The van der Waals surface area contributed by atoms with Crippen LogP contribution in [0.25, 0.3) is 22.2 Å². The Morgan fingerprint density at radius 3 is 2.74 bits per heavy atom. The normalized spacial score (nSPS) is 15.8. The van der Waals surface area contributed by atoms with Crippen LogP contribution in [0.3, 0.4) is 0 Å². The van der Waals surface area contributed by atoms with Crippen LogP contribution in [0.5, 0.6) is 11.5 Å². The standard InChI is InChI=1S/C24H19N3O4/c1-14-10-18(16-4-2-3-5-17(16)25-14)26-23(28)24(8-9-24)22-12-20(31-27-22)15-6-7-19-21(11-15)30-13-29-19/h2-7,10-12H,8-9,13H2,1H3,(H,25,26,28). The van der Waals surface area contributed by atoms with E-state index in [2.05, 4.69) is 15.5 Å². The molecule has 4 aromatic rings. The van der Waals surface area contributed by atoms with Crippen LogP contribution in [0, 0.1) is 6.92 Å². The zero-order valence-electron chi connectivity index (χ0n) is 16.8. The summed E-state index contributed by atoms with van der Waals surface area (Å²) in [5.41, 5.74) is 3.28. The third-order valence-electron chi connectivity index (χ3n) is 5.93. The summed E-state index contributed by atoms with van der Waals surface area (Å²) < 4.78 is 16.4. The van der Waals surface area contributed by atoms with Gasteiger partial charge in [0.05, 0.1) is 22.3 Å². The maximum absolute atomic E-state index is 13.3. The summed E-state index contributed by atoms with van der Waals surface area (Å²) in [5, 5.41) is 8.27. The Kier molecular flexibility index (Phi) is 3.80. The molecule has 0 atom stereocenters. The summed E-state index contributed by atoms with van der Waals surface area (Å²) in [7, 11) is 0. The summed E-state index contributed by atoms with van der Waals surface area (Å²) in [5.74, 6) is 1.90. The van der Waals surface area contributed by atoms with Gasteiger partial charge >= 0.3 is 0 Å². The van der Waals surface area contributed by atoms with Crippen molar-refractivity contribution in [1.82, 2.24) is 10.1 Å². The Morgan fingerprint density at radius 2 is 1.87 bits per heavy atom. The van der Waals surface area contributed by atoms with Gasteiger partial charge < -0.3 is 19.3 Å². The van der Waals surface area contributed by atoms with Crippen LogP contribution in [-0.4, -0.2) is 22.8 Å². The molecule has 1 fully saturated rings. The number of fused-ring (bicyclic) bond motifs is 2. The first kappa shape index (κ1) is 17.9. The molecule has 7 heteroatoms. The summed E-state index contributed by atoms with van der Waals surface area (Å²) in [4.78, 5) is 17.8. The van der Waals surface area contributed by atoms with Crippen LogP contribution in [0.2, 0.25) is 0 Å². The minimum atomic E-state index is -0.670.